The molecular formula is C23H29N3O2S2. The van der Waals surface area contributed by atoms with Gasteiger partial charge >= 0.3 is 0 Å². The lowest BCUT2D eigenvalue weighted by Crippen LogP contribution is -2.33. The van der Waals surface area contributed by atoms with Gasteiger partial charge in [-0.1, -0.05) is 17.4 Å². The number of aryl methyl sites for hydroxylation is 1. The van der Waals surface area contributed by atoms with Crippen LogP contribution in [-0.4, -0.2) is 55.8 Å². The minimum absolute atomic E-state index is 0.130. The maximum absolute atomic E-state index is 13.1. The fraction of sp³-hybridized carbons (Fsp3) is 0.391. The third-order valence-electron chi connectivity index (χ3n) is 4.70. The average molecular weight is 444 g/mol. The number of nitrogens with zero attached hydrogens (tertiary/aromatic N) is 3. The summed E-state index contributed by atoms with van der Waals surface area (Å²) in [5.74, 6) is 1.71. The molecule has 30 heavy (non-hydrogen) atoms. The first-order chi connectivity index (χ1) is 14.5. The van der Waals surface area contributed by atoms with E-state index in [1.54, 1.807) is 30.2 Å². The fourth-order valence-electron chi connectivity index (χ4n) is 3.07. The van der Waals surface area contributed by atoms with Crippen molar-refractivity contribution in [3.05, 3.63) is 48.0 Å². The molecule has 0 aliphatic rings. The van der Waals surface area contributed by atoms with E-state index < -0.39 is 0 Å². The van der Waals surface area contributed by atoms with Crippen LogP contribution in [0.25, 0.3) is 10.2 Å². The summed E-state index contributed by atoms with van der Waals surface area (Å²) in [4.78, 5) is 23.0. The zero-order valence-electron chi connectivity index (χ0n) is 18.1. The number of rotatable bonds is 10. The number of thiazole rings is 1. The summed E-state index contributed by atoms with van der Waals surface area (Å²) in [6, 6.07) is 14.2. The molecule has 7 heteroatoms. The van der Waals surface area contributed by atoms with Crippen molar-refractivity contribution in [1.82, 2.24) is 9.88 Å². The van der Waals surface area contributed by atoms with Gasteiger partial charge in [-0.2, -0.15) is 0 Å². The van der Waals surface area contributed by atoms with Crippen LogP contribution in [-0.2, 0) is 4.79 Å². The second kappa shape index (κ2) is 10.8. The summed E-state index contributed by atoms with van der Waals surface area (Å²) < 4.78 is 6.33. The molecule has 0 radical (unpaired) electrons. The summed E-state index contributed by atoms with van der Waals surface area (Å²) in [7, 11) is 5.77. The van der Waals surface area contributed by atoms with Crippen molar-refractivity contribution >= 4 is 44.4 Å². The van der Waals surface area contributed by atoms with Crippen LogP contribution >= 0.6 is 23.1 Å². The minimum Gasteiger partial charge on any atom is -0.497 e. The number of hydrogen-bond acceptors (Lipinski definition) is 6. The van der Waals surface area contributed by atoms with Crippen molar-refractivity contribution in [3.8, 4) is 5.75 Å². The van der Waals surface area contributed by atoms with Crippen LogP contribution in [0.15, 0.2) is 47.4 Å². The first-order valence-corrected chi connectivity index (χ1v) is 11.9. The number of aromatic nitrogens is 1. The van der Waals surface area contributed by atoms with Crippen LogP contribution in [0.4, 0.5) is 5.13 Å². The smallest absolute Gasteiger partial charge is 0.229 e. The number of amides is 1. The van der Waals surface area contributed by atoms with Gasteiger partial charge < -0.3 is 9.64 Å². The van der Waals surface area contributed by atoms with E-state index in [1.165, 1.54) is 5.56 Å². The number of fused-ring (bicyclic) bond motifs is 1. The molecular weight excluding hydrogens is 414 g/mol. The molecule has 0 saturated heterocycles. The molecule has 1 aromatic heterocycles. The third-order valence-corrected chi connectivity index (χ3v) is 6.75. The van der Waals surface area contributed by atoms with E-state index in [0.29, 0.717) is 13.0 Å². The molecule has 0 spiro atoms. The fourth-order valence-corrected chi connectivity index (χ4v) is 5.02. The number of methoxy groups -OCH3 is 1. The predicted octanol–water partition coefficient (Wildman–Crippen LogP) is 5.08. The van der Waals surface area contributed by atoms with Crippen LogP contribution in [0, 0.1) is 6.92 Å². The van der Waals surface area contributed by atoms with Crippen LogP contribution in [0.5, 0.6) is 5.75 Å². The lowest BCUT2D eigenvalue weighted by molar-refractivity contribution is -0.118. The van der Waals surface area contributed by atoms with Crippen molar-refractivity contribution < 1.29 is 9.53 Å². The molecule has 160 valence electrons. The Morgan fingerprint density at radius 3 is 2.60 bits per heavy atom. The van der Waals surface area contributed by atoms with Crippen molar-refractivity contribution in [2.75, 3.05) is 44.9 Å². The Bertz CT molecular complexity index is 970. The van der Waals surface area contributed by atoms with Crippen LogP contribution in [0.2, 0.25) is 0 Å². The van der Waals surface area contributed by atoms with Crippen molar-refractivity contribution in [2.45, 2.75) is 24.7 Å². The Morgan fingerprint density at radius 1 is 1.13 bits per heavy atom. The van der Waals surface area contributed by atoms with Gasteiger partial charge in [0.25, 0.3) is 0 Å². The molecule has 0 N–H and O–H groups in total. The highest BCUT2D eigenvalue weighted by Crippen LogP contribution is 2.30. The molecule has 0 unspecified atom stereocenters. The van der Waals surface area contributed by atoms with Gasteiger partial charge in [-0.15, -0.1) is 11.8 Å². The standard InChI is InChI=1S/C23H29N3O2S2/c1-17-6-11-20-21(16-17)30-23(24-20)26(14-5-13-25(2)3)22(27)12-15-29-19-9-7-18(28-4)8-10-19/h6-11,16H,5,12-15H2,1-4H3. The summed E-state index contributed by atoms with van der Waals surface area (Å²) in [6.45, 7) is 3.70. The first kappa shape index (κ1) is 22.6. The van der Waals surface area contributed by atoms with Crippen LogP contribution in [0.1, 0.15) is 18.4 Å². The average Bonchev–Trinajstić information content (AvgIpc) is 3.14. The highest BCUT2D eigenvalue weighted by atomic mass is 32.2. The van der Waals surface area contributed by atoms with E-state index in [1.807, 2.05) is 35.2 Å². The number of hydrogen-bond donors (Lipinski definition) is 0. The molecule has 1 heterocycles. The number of benzene rings is 2. The second-order valence-corrected chi connectivity index (χ2v) is 9.62. The lowest BCUT2D eigenvalue weighted by atomic mass is 10.2. The topological polar surface area (TPSA) is 45.7 Å². The molecule has 3 aromatic rings. The van der Waals surface area contributed by atoms with E-state index in [4.69, 9.17) is 9.72 Å². The predicted molar refractivity (Wildman–Crippen MR) is 128 cm³/mol. The Morgan fingerprint density at radius 2 is 1.90 bits per heavy atom. The number of carbonyl (C=O) groups excluding carboxylic acids is 1. The Hall–Kier alpha value is -2.09. The van der Waals surface area contributed by atoms with Gasteiger partial charge in [0.2, 0.25) is 5.91 Å². The molecule has 0 aliphatic carbocycles. The zero-order chi connectivity index (χ0) is 21.5. The maximum Gasteiger partial charge on any atom is 0.229 e. The summed E-state index contributed by atoms with van der Waals surface area (Å²) in [6.07, 6.45) is 1.40. The number of thioether (sulfide) groups is 1. The van der Waals surface area contributed by atoms with Gasteiger partial charge in [0.05, 0.1) is 17.3 Å². The quantitative estimate of drug-likeness (QED) is 0.409. The maximum atomic E-state index is 13.1. The van der Waals surface area contributed by atoms with Gasteiger partial charge in [-0.3, -0.25) is 9.69 Å². The molecule has 5 nitrogen and oxygen atoms in total. The molecule has 0 saturated carbocycles. The van der Waals surface area contributed by atoms with Crippen LogP contribution < -0.4 is 9.64 Å². The van der Waals surface area contributed by atoms with Crippen molar-refractivity contribution in [3.63, 3.8) is 0 Å². The van der Waals surface area contributed by atoms with Gasteiger partial charge in [0.15, 0.2) is 5.13 Å². The van der Waals surface area contributed by atoms with Gasteiger partial charge in [0, 0.05) is 23.6 Å². The van der Waals surface area contributed by atoms with E-state index in [2.05, 4.69) is 38.1 Å². The number of anilines is 1. The van der Waals surface area contributed by atoms with Crippen LogP contribution in [0.3, 0.4) is 0 Å². The summed E-state index contributed by atoms with van der Waals surface area (Å²) >= 11 is 3.29. The molecule has 0 bridgehead atoms. The number of carbonyl (C=O) groups is 1. The Labute approximate surface area is 187 Å². The molecule has 0 aliphatic heterocycles. The summed E-state index contributed by atoms with van der Waals surface area (Å²) in [5, 5.41) is 0.800. The van der Waals surface area contributed by atoms with Gasteiger partial charge in [-0.25, -0.2) is 4.98 Å². The van der Waals surface area contributed by atoms with E-state index in [-0.39, 0.29) is 5.91 Å². The van der Waals surface area contributed by atoms with Gasteiger partial charge in [-0.05, 0) is 75.9 Å². The summed E-state index contributed by atoms with van der Waals surface area (Å²) in [5.41, 5.74) is 2.16. The molecule has 0 fully saturated rings. The number of ether oxygens (including phenoxy) is 1. The van der Waals surface area contributed by atoms with Gasteiger partial charge in [0.1, 0.15) is 5.75 Å². The molecule has 2 aromatic carbocycles. The van der Waals surface area contributed by atoms with E-state index >= 15 is 0 Å². The Balaban J connectivity index is 1.67. The zero-order valence-corrected chi connectivity index (χ0v) is 19.7. The minimum atomic E-state index is 0.130. The van der Waals surface area contributed by atoms with Crippen molar-refractivity contribution in [2.24, 2.45) is 0 Å². The van der Waals surface area contributed by atoms with Crippen molar-refractivity contribution in [1.29, 1.82) is 0 Å². The molecule has 1 amide bonds. The Kier molecular flexibility index (Phi) is 8.13. The highest BCUT2D eigenvalue weighted by Gasteiger charge is 2.19. The SMILES string of the molecule is COc1ccc(SCCC(=O)N(CCCN(C)C)c2nc3ccc(C)cc3s2)cc1. The third kappa shape index (κ3) is 6.20. The largest absolute Gasteiger partial charge is 0.497 e. The van der Waals surface area contributed by atoms with E-state index in [0.717, 1.165) is 44.7 Å². The molecule has 0 atom stereocenters. The lowest BCUT2D eigenvalue weighted by Gasteiger charge is -2.21. The molecule has 3 rings (SSSR count). The normalized spacial score (nSPS) is 11.2. The van der Waals surface area contributed by atoms with E-state index in [9.17, 15) is 4.79 Å². The highest BCUT2D eigenvalue weighted by molar-refractivity contribution is 7.99. The first-order valence-electron chi connectivity index (χ1n) is 10.1. The second-order valence-electron chi connectivity index (χ2n) is 7.44. The monoisotopic (exact) mass is 443 g/mol.